The summed E-state index contributed by atoms with van der Waals surface area (Å²) in [6.07, 6.45) is 7.68. The number of hydrogen-bond donors (Lipinski definition) is 0. The van der Waals surface area contributed by atoms with E-state index in [4.69, 9.17) is 9.47 Å². The number of aromatic nitrogens is 4. The number of hydrogen-bond acceptors (Lipinski definition) is 6. The largest absolute Gasteiger partial charge is 0.494 e. The van der Waals surface area contributed by atoms with Gasteiger partial charge >= 0.3 is 0 Å². The number of benzene rings is 2. The molecular weight excluding hydrogens is 400 g/mol. The second kappa shape index (κ2) is 10.7. The van der Waals surface area contributed by atoms with Crippen molar-refractivity contribution in [2.75, 3.05) is 13.2 Å². The van der Waals surface area contributed by atoms with Crippen molar-refractivity contribution in [1.82, 2.24) is 20.2 Å². The first kappa shape index (κ1) is 21.7. The van der Waals surface area contributed by atoms with E-state index in [-0.39, 0.29) is 0 Å². The molecule has 0 aliphatic heterocycles. The monoisotopic (exact) mass is 428 g/mol. The fraction of sp³-hybridized carbons (Fsp3) is 0.308. The summed E-state index contributed by atoms with van der Waals surface area (Å²) in [5.41, 5.74) is 4.71. The molecule has 0 unspecified atom stereocenters. The lowest BCUT2D eigenvalue weighted by molar-refractivity contribution is 0.309. The number of fused-ring (bicyclic) bond motifs is 1. The Bertz CT molecular complexity index is 1050. The van der Waals surface area contributed by atoms with Gasteiger partial charge in [-0.3, -0.25) is 9.97 Å². The molecule has 0 bridgehead atoms. The minimum absolute atomic E-state index is 0.705. The van der Waals surface area contributed by atoms with Crippen LogP contribution in [0.25, 0.3) is 33.5 Å². The van der Waals surface area contributed by atoms with E-state index < -0.39 is 0 Å². The topological polar surface area (TPSA) is 70.0 Å². The summed E-state index contributed by atoms with van der Waals surface area (Å²) < 4.78 is 11.5. The summed E-state index contributed by atoms with van der Waals surface area (Å²) in [5.74, 6) is 1.70. The Morgan fingerprint density at radius 2 is 1.00 bits per heavy atom. The molecule has 2 heterocycles. The third kappa shape index (κ3) is 5.02. The molecule has 0 N–H and O–H groups in total. The molecule has 6 nitrogen and oxygen atoms in total. The Hall–Kier alpha value is -3.54. The van der Waals surface area contributed by atoms with Gasteiger partial charge in [-0.05, 0) is 61.4 Å². The molecule has 164 valence electrons. The normalized spacial score (nSPS) is 10.9. The Labute approximate surface area is 188 Å². The van der Waals surface area contributed by atoms with Crippen LogP contribution >= 0.6 is 0 Å². The van der Waals surface area contributed by atoms with E-state index >= 15 is 0 Å². The molecule has 0 aliphatic rings. The van der Waals surface area contributed by atoms with Crippen molar-refractivity contribution in [3.8, 4) is 34.0 Å². The van der Waals surface area contributed by atoms with Crippen molar-refractivity contribution in [3.05, 3.63) is 60.9 Å². The minimum atomic E-state index is 0.705. The number of unbranched alkanes of at least 4 members (excludes halogenated alkanes) is 2. The molecule has 32 heavy (non-hydrogen) atoms. The highest BCUT2D eigenvalue weighted by atomic mass is 16.5. The molecule has 0 fully saturated rings. The predicted octanol–water partition coefficient (Wildman–Crippen LogP) is 6.11. The molecule has 0 aliphatic carbocycles. The van der Waals surface area contributed by atoms with E-state index in [1.807, 2.05) is 48.5 Å². The van der Waals surface area contributed by atoms with Gasteiger partial charge in [0.1, 0.15) is 33.9 Å². The molecule has 0 saturated heterocycles. The third-order valence-electron chi connectivity index (χ3n) is 5.19. The van der Waals surface area contributed by atoms with Crippen molar-refractivity contribution in [3.63, 3.8) is 0 Å². The zero-order valence-electron chi connectivity index (χ0n) is 18.6. The van der Waals surface area contributed by atoms with Gasteiger partial charge in [0.2, 0.25) is 0 Å². The number of nitrogens with zero attached hydrogens (tertiary/aromatic N) is 4. The van der Waals surface area contributed by atoms with Gasteiger partial charge in [-0.15, -0.1) is 10.2 Å². The second-order valence-corrected chi connectivity index (χ2v) is 7.60. The van der Waals surface area contributed by atoms with Crippen LogP contribution in [-0.4, -0.2) is 33.4 Å². The summed E-state index contributed by atoms with van der Waals surface area (Å²) >= 11 is 0. The maximum atomic E-state index is 5.77. The molecule has 0 spiro atoms. The first-order valence-corrected chi connectivity index (χ1v) is 11.2. The Balaban J connectivity index is 1.62. The quantitative estimate of drug-likeness (QED) is 0.284. The van der Waals surface area contributed by atoms with E-state index in [2.05, 4.69) is 34.0 Å². The van der Waals surface area contributed by atoms with Crippen LogP contribution in [0.3, 0.4) is 0 Å². The summed E-state index contributed by atoms with van der Waals surface area (Å²) in [6.45, 7) is 5.75. The average molecular weight is 429 g/mol. The summed E-state index contributed by atoms with van der Waals surface area (Å²) in [4.78, 5) is 9.15. The van der Waals surface area contributed by atoms with Crippen LogP contribution in [0.15, 0.2) is 60.9 Å². The molecule has 0 radical (unpaired) electrons. The Kier molecular flexibility index (Phi) is 7.23. The first-order chi connectivity index (χ1) is 15.8. The Morgan fingerprint density at radius 3 is 1.38 bits per heavy atom. The summed E-state index contributed by atoms with van der Waals surface area (Å²) in [7, 11) is 0. The predicted molar refractivity (Wildman–Crippen MR) is 127 cm³/mol. The van der Waals surface area contributed by atoms with Crippen molar-refractivity contribution >= 4 is 11.0 Å². The van der Waals surface area contributed by atoms with Crippen LogP contribution in [0, 0.1) is 0 Å². The van der Waals surface area contributed by atoms with E-state index in [0.717, 1.165) is 72.6 Å². The number of ether oxygens (including phenoxy) is 2. The van der Waals surface area contributed by atoms with E-state index in [1.165, 1.54) is 0 Å². The zero-order chi connectivity index (χ0) is 22.2. The first-order valence-electron chi connectivity index (χ1n) is 11.2. The highest BCUT2D eigenvalue weighted by Crippen LogP contribution is 2.31. The average Bonchev–Trinajstić information content (AvgIpc) is 2.85. The van der Waals surface area contributed by atoms with Crippen molar-refractivity contribution in [2.45, 2.75) is 39.5 Å². The molecule has 4 aromatic rings. The maximum absolute atomic E-state index is 5.77. The molecule has 6 heteroatoms. The summed E-state index contributed by atoms with van der Waals surface area (Å²) in [6, 6.07) is 15.8. The Morgan fingerprint density at radius 1 is 0.594 bits per heavy atom. The second-order valence-electron chi connectivity index (χ2n) is 7.60. The molecule has 0 amide bonds. The highest BCUT2D eigenvalue weighted by Gasteiger charge is 2.15. The van der Waals surface area contributed by atoms with Gasteiger partial charge in [-0.25, -0.2) is 0 Å². The molecular formula is C26H28N4O2. The molecule has 2 aromatic carbocycles. The smallest absolute Gasteiger partial charge is 0.121 e. The molecule has 2 aromatic heterocycles. The van der Waals surface area contributed by atoms with E-state index in [1.54, 1.807) is 12.4 Å². The van der Waals surface area contributed by atoms with Gasteiger partial charge < -0.3 is 9.47 Å². The van der Waals surface area contributed by atoms with Crippen molar-refractivity contribution < 1.29 is 9.47 Å². The summed E-state index contributed by atoms with van der Waals surface area (Å²) in [5, 5.41) is 9.03. The molecule has 0 saturated carbocycles. The fourth-order valence-corrected chi connectivity index (χ4v) is 3.36. The van der Waals surface area contributed by atoms with Gasteiger partial charge in [0.25, 0.3) is 0 Å². The maximum Gasteiger partial charge on any atom is 0.121 e. The molecule has 4 rings (SSSR count). The minimum Gasteiger partial charge on any atom is -0.494 e. The van der Waals surface area contributed by atoms with Crippen LogP contribution in [0.2, 0.25) is 0 Å². The van der Waals surface area contributed by atoms with Crippen LogP contribution in [-0.2, 0) is 0 Å². The van der Waals surface area contributed by atoms with Gasteiger partial charge in [0.05, 0.1) is 13.2 Å². The van der Waals surface area contributed by atoms with Crippen LogP contribution in [0.1, 0.15) is 39.5 Å². The third-order valence-corrected chi connectivity index (χ3v) is 5.19. The van der Waals surface area contributed by atoms with Gasteiger partial charge in [-0.1, -0.05) is 26.7 Å². The lowest BCUT2D eigenvalue weighted by Crippen LogP contribution is -1.99. The lowest BCUT2D eigenvalue weighted by Gasteiger charge is -2.10. The number of rotatable bonds is 10. The highest BCUT2D eigenvalue weighted by molar-refractivity contribution is 5.96. The lowest BCUT2D eigenvalue weighted by atomic mass is 10.1. The van der Waals surface area contributed by atoms with Gasteiger partial charge in [-0.2, -0.15) is 0 Å². The van der Waals surface area contributed by atoms with Crippen molar-refractivity contribution in [2.24, 2.45) is 0 Å². The van der Waals surface area contributed by atoms with Gasteiger partial charge in [0.15, 0.2) is 0 Å². The van der Waals surface area contributed by atoms with E-state index in [9.17, 15) is 0 Å². The van der Waals surface area contributed by atoms with Gasteiger partial charge in [0, 0.05) is 23.5 Å². The van der Waals surface area contributed by atoms with Crippen molar-refractivity contribution in [1.29, 1.82) is 0 Å². The standard InChI is InChI=1S/C26H28N4O2/c1-3-5-17-31-21-11-7-19(8-12-21)23-25-26(28-16-15-27-25)24(30-29-23)20-9-13-22(14-10-20)32-18-6-4-2/h7-16H,3-6,17-18H2,1-2H3. The van der Waals surface area contributed by atoms with Crippen LogP contribution in [0.5, 0.6) is 11.5 Å². The van der Waals surface area contributed by atoms with Crippen LogP contribution in [0.4, 0.5) is 0 Å². The van der Waals surface area contributed by atoms with E-state index in [0.29, 0.717) is 11.4 Å². The fourth-order valence-electron chi connectivity index (χ4n) is 3.36. The SMILES string of the molecule is CCCCOc1ccc(-c2nnc(-c3ccc(OCCCC)cc3)c3nccnc23)cc1. The zero-order valence-corrected chi connectivity index (χ0v) is 18.6. The van der Waals surface area contributed by atoms with Crippen LogP contribution < -0.4 is 9.47 Å². The molecule has 0 atom stereocenters.